The first kappa shape index (κ1) is 21.3. The number of nitrogens with one attached hydrogen (secondary N) is 1. The maximum absolute atomic E-state index is 12.4. The summed E-state index contributed by atoms with van der Waals surface area (Å²) in [5.74, 6) is 3.48. The minimum atomic E-state index is -0.179. The number of nitrogens with zero attached hydrogens (tertiary/aromatic N) is 1. The Kier molecular flexibility index (Phi) is 7.23. The molecule has 1 heterocycles. The summed E-state index contributed by atoms with van der Waals surface area (Å²) in [6.45, 7) is 4.57. The Morgan fingerprint density at radius 1 is 1.28 bits per heavy atom. The fourth-order valence-electron chi connectivity index (χ4n) is 2.56. The minimum absolute atomic E-state index is 0.160. The van der Waals surface area contributed by atoms with E-state index in [-0.39, 0.29) is 12.5 Å². The van der Waals surface area contributed by atoms with Crippen LogP contribution in [-0.2, 0) is 4.79 Å². The van der Waals surface area contributed by atoms with E-state index in [1.54, 1.807) is 0 Å². The fraction of sp³-hybridized carbons (Fsp3) is 0.182. The number of hydrogen-bond acceptors (Lipinski definition) is 5. The standard InChI is InChI=1S/C22H19IN2O3S/c1-4-10-28-20-17(23)11-15(12-18(20)27-5-2)13-19-21(26)25-22(29-19)24-16-8-6-14(3)7-9-16/h1,6-9,11-13H,5,10H2,2-3H3,(H,24,25,26)/b19-13+. The highest BCUT2D eigenvalue weighted by molar-refractivity contribution is 14.1. The quantitative estimate of drug-likeness (QED) is 0.336. The molecule has 5 nitrogen and oxygen atoms in total. The minimum Gasteiger partial charge on any atom is -0.490 e. The maximum Gasteiger partial charge on any atom is 0.264 e. The highest BCUT2D eigenvalue weighted by Crippen LogP contribution is 2.36. The first-order chi connectivity index (χ1) is 14.0. The van der Waals surface area contributed by atoms with Crippen molar-refractivity contribution in [2.45, 2.75) is 13.8 Å². The molecule has 0 radical (unpaired) electrons. The number of amidine groups is 1. The molecule has 2 aromatic carbocycles. The lowest BCUT2D eigenvalue weighted by Crippen LogP contribution is -2.19. The van der Waals surface area contributed by atoms with Crippen LogP contribution < -0.4 is 14.8 Å². The number of rotatable bonds is 6. The van der Waals surface area contributed by atoms with Crippen LogP contribution in [0, 0.1) is 22.8 Å². The summed E-state index contributed by atoms with van der Waals surface area (Å²) in [6, 6.07) is 11.6. The van der Waals surface area contributed by atoms with E-state index in [1.165, 1.54) is 11.8 Å². The van der Waals surface area contributed by atoms with Crippen molar-refractivity contribution in [1.82, 2.24) is 5.32 Å². The second-order valence-electron chi connectivity index (χ2n) is 6.07. The van der Waals surface area contributed by atoms with Crippen LogP contribution in [0.5, 0.6) is 11.5 Å². The number of aryl methyl sites for hydroxylation is 1. The first-order valence-corrected chi connectivity index (χ1v) is 10.8. The van der Waals surface area contributed by atoms with Gasteiger partial charge in [-0.2, -0.15) is 0 Å². The Balaban J connectivity index is 1.86. The fourth-order valence-corrected chi connectivity index (χ4v) is 4.18. The molecule has 1 saturated heterocycles. The number of hydrogen-bond donors (Lipinski definition) is 1. The van der Waals surface area contributed by atoms with E-state index in [0.29, 0.717) is 28.2 Å². The Morgan fingerprint density at radius 2 is 2.03 bits per heavy atom. The third kappa shape index (κ3) is 5.55. The smallest absolute Gasteiger partial charge is 0.264 e. The van der Waals surface area contributed by atoms with Crippen LogP contribution >= 0.6 is 34.4 Å². The lowest BCUT2D eigenvalue weighted by Gasteiger charge is -2.13. The summed E-state index contributed by atoms with van der Waals surface area (Å²) in [6.07, 6.45) is 7.11. The molecule has 0 bridgehead atoms. The molecule has 148 valence electrons. The third-order valence-electron chi connectivity index (χ3n) is 3.84. The first-order valence-electron chi connectivity index (χ1n) is 8.89. The van der Waals surface area contributed by atoms with Gasteiger partial charge in [0.05, 0.1) is 20.8 Å². The number of thioether (sulfide) groups is 1. The Morgan fingerprint density at radius 3 is 2.72 bits per heavy atom. The number of aliphatic imine (C=N–C) groups is 1. The number of ether oxygens (including phenoxy) is 2. The van der Waals surface area contributed by atoms with E-state index < -0.39 is 0 Å². The molecule has 2 aromatic rings. The molecule has 7 heteroatoms. The lowest BCUT2D eigenvalue weighted by molar-refractivity contribution is -0.115. The molecule has 1 aliphatic rings. The second-order valence-corrected chi connectivity index (χ2v) is 8.27. The normalized spacial score (nSPS) is 16.0. The summed E-state index contributed by atoms with van der Waals surface area (Å²) in [5, 5.41) is 3.36. The highest BCUT2D eigenvalue weighted by Gasteiger charge is 2.24. The van der Waals surface area contributed by atoms with Gasteiger partial charge in [-0.25, -0.2) is 4.99 Å². The molecule has 0 atom stereocenters. The average molecular weight is 518 g/mol. The summed E-state index contributed by atoms with van der Waals surface area (Å²) < 4.78 is 12.2. The SMILES string of the molecule is C#CCOc1c(I)cc(/C=C2/SC(=Nc3ccc(C)cc3)NC2=O)cc1OCC. The average Bonchev–Trinajstić information content (AvgIpc) is 3.02. The van der Waals surface area contributed by atoms with Gasteiger partial charge in [-0.05, 0) is 84.1 Å². The number of carbonyl (C=O) groups excluding carboxylic acids is 1. The van der Waals surface area contributed by atoms with Crippen molar-refractivity contribution in [3.8, 4) is 23.8 Å². The van der Waals surface area contributed by atoms with Crippen molar-refractivity contribution < 1.29 is 14.3 Å². The largest absolute Gasteiger partial charge is 0.490 e. The molecule has 1 amide bonds. The molecule has 3 rings (SSSR count). The zero-order valence-corrected chi connectivity index (χ0v) is 19.0. The Hall–Kier alpha value is -2.44. The van der Waals surface area contributed by atoms with Crippen LogP contribution in [0.4, 0.5) is 5.69 Å². The molecule has 29 heavy (non-hydrogen) atoms. The molecule has 1 N–H and O–H groups in total. The van der Waals surface area contributed by atoms with Crippen molar-refractivity contribution >= 4 is 57.2 Å². The maximum atomic E-state index is 12.4. The predicted octanol–water partition coefficient (Wildman–Crippen LogP) is 4.90. The van der Waals surface area contributed by atoms with Gasteiger partial charge in [-0.1, -0.05) is 23.6 Å². The summed E-state index contributed by atoms with van der Waals surface area (Å²) in [7, 11) is 0. The molecule has 0 aliphatic carbocycles. The van der Waals surface area contributed by atoms with Crippen LogP contribution in [0.2, 0.25) is 0 Å². The lowest BCUT2D eigenvalue weighted by atomic mass is 10.2. The van der Waals surface area contributed by atoms with Gasteiger partial charge >= 0.3 is 0 Å². The van der Waals surface area contributed by atoms with Gasteiger partial charge in [0.25, 0.3) is 5.91 Å². The number of amides is 1. The van der Waals surface area contributed by atoms with Gasteiger partial charge in [-0.15, -0.1) is 6.42 Å². The molecular weight excluding hydrogens is 499 g/mol. The van der Waals surface area contributed by atoms with Crippen molar-refractivity contribution in [3.63, 3.8) is 0 Å². The molecule has 1 aliphatic heterocycles. The van der Waals surface area contributed by atoms with Crippen molar-refractivity contribution in [3.05, 3.63) is 56.0 Å². The van der Waals surface area contributed by atoms with Crippen LogP contribution in [0.15, 0.2) is 46.3 Å². The number of halogens is 1. The van der Waals surface area contributed by atoms with Gasteiger partial charge < -0.3 is 14.8 Å². The van der Waals surface area contributed by atoms with Crippen molar-refractivity contribution in [2.24, 2.45) is 4.99 Å². The van der Waals surface area contributed by atoms with Gasteiger partial charge in [0.1, 0.15) is 6.61 Å². The molecule has 0 unspecified atom stereocenters. The van der Waals surface area contributed by atoms with Crippen LogP contribution in [-0.4, -0.2) is 24.3 Å². The predicted molar refractivity (Wildman–Crippen MR) is 127 cm³/mol. The van der Waals surface area contributed by atoms with Crippen LogP contribution in [0.3, 0.4) is 0 Å². The molecular formula is C22H19IN2O3S. The zero-order valence-electron chi connectivity index (χ0n) is 16.0. The van der Waals surface area contributed by atoms with E-state index in [4.69, 9.17) is 15.9 Å². The monoisotopic (exact) mass is 518 g/mol. The Labute approximate surface area is 188 Å². The summed E-state index contributed by atoms with van der Waals surface area (Å²) in [4.78, 5) is 17.4. The van der Waals surface area contributed by atoms with E-state index in [9.17, 15) is 4.79 Å². The molecule has 1 fully saturated rings. The summed E-state index contributed by atoms with van der Waals surface area (Å²) >= 11 is 3.48. The Bertz CT molecular complexity index is 1020. The number of benzene rings is 2. The van der Waals surface area contributed by atoms with Gasteiger partial charge in [0, 0.05) is 0 Å². The molecule has 0 aromatic heterocycles. The summed E-state index contributed by atoms with van der Waals surface area (Å²) in [5.41, 5.74) is 2.79. The van der Waals surface area contributed by atoms with Crippen molar-refractivity contribution in [1.29, 1.82) is 0 Å². The molecule has 0 spiro atoms. The number of carbonyl (C=O) groups is 1. The van der Waals surface area contributed by atoms with E-state index >= 15 is 0 Å². The van der Waals surface area contributed by atoms with Gasteiger partial charge in [0.2, 0.25) is 0 Å². The van der Waals surface area contributed by atoms with Crippen LogP contribution in [0.25, 0.3) is 6.08 Å². The van der Waals surface area contributed by atoms with Crippen molar-refractivity contribution in [2.75, 3.05) is 13.2 Å². The third-order valence-corrected chi connectivity index (χ3v) is 5.56. The van der Waals surface area contributed by atoms with Gasteiger partial charge in [0.15, 0.2) is 16.7 Å². The topological polar surface area (TPSA) is 59.9 Å². The second kappa shape index (κ2) is 9.85. The van der Waals surface area contributed by atoms with E-state index in [1.807, 2.05) is 56.3 Å². The highest BCUT2D eigenvalue weighted by atomic mass is 127. The number of terminal acetylenes is 1. The molecule has 0 saturated carbocycles. The zero-order chi connectivity index (χ0) is 20.8. The van der Waals surface area contributed by atoms with Crippen LogP contribution in [0.1, 0.15) is 18.1 Å². The van der Waals surface area contributed by atoms with E-state index in [0.717, 1.165) is 20.4 Å². The van der Waals surface area contributed by atoms with Gasteiger partial charge in [-0.3, -0.25) is 4.79 Å². The van der Waals surface area contributed by atoms with E-state index in [2.05, 4.69) is 38.8 Å².